The summed E-state index contributed by atoms with van der Waals surface area (Å²) in [5, 5.41) is 0. The lowest BCUT2D eigenvalue weighted by atomic mass is 10.1. The van der Waals surface area contributed by atoms with E-state index in [0.717, 1.165) is 0 Å². The first-order chi connectivity index (χ1) is 9.06. The van der Waals surface area contributed by atoms with E-state index >= 15 is 0 Å². The van der Waals surface area contributed by atoms with Crippen molar-refractivity contribution >= 4 is 59.1 Å². The Labute approximate surface area is 143 Å². The number of halogens is 3. The fraction of sp³-hybridized carbons (Fsp3) is 0.333. The molecule has 1 heterocycles. The second-order valence-corrected chi connectivity index (χ2v) is 8.73. The van der Waals surface area contributed by atoms with Crippen molar-refractivity contribution in [2.24, 2.45) is 0 Å². The summed E-state index contributed by atoms with van der Waals surface area (Å²) in [5.41, 5.74) is 4.10. The Hall–Kier alpha value is 0.360. The standard InChI is InChI=1S/C15H13Br3S/c1-8-5-12(17)10(7-11(8)16)15(18)14-6-9-3-2-4-13(9)19-14/h5-7,15H,2-4H2,1H3. The predicted molar refractivity (Wildman–Crippen MR) is 93.7 cm³/mol. The van der Waals surface area contributed by atoms with Gasteiger partial charge >= 0.3 is 0 Å². The minimum atomic E-state index is 0.273. The first-order valence-corrected chi connectivity index (χ1v) is 9.59. The molecule has 19 heavy (non-hydrogen) atoms. The van der Waals surface area contributed by atoms with Gasteiger partial charge in [0.1, 0.15) is 0 Å². The number of hydrogen-bond acceptors (Lipinski definition) is 1. The molecule has 1 aromatic heterocycles. The Morgan fingerprint density at radius 3 is 2.63 bits per heavy atom. The molecule has 0 nitrogen and oxygen atoms in total. The molecule has 1 aliphatic carbocycles. The molecule has 0 spiro atoms. The van der Waals surface area contributed by atoms with Gasteiger partial charge in [0.25, 0.3) is 0 Å². The van der Waals surface area contributed by atoms with Crippen molar-refractivity contribution in [3.8, 4) is 0 Å². The van der Waals surface area contributed by atoms with Gasteiger partial charge in [0.2, 0.25) is 0 Å². The average molecular weight is 465 g/mol. The summed E-state index contributed by atoms with van der Waals surface area (Å²) in [7, 11) is 0. The van der Waals surface area contributed by atoms with Crippen molar-refractivity contribution in [2.45, 2.75) is 31.0 Å². The summed E-state index contributed by atoms with van der Waals surface area (Å²) in [6.07, 6.45) is 3.84. The summed E-state index contributed by atoms with van der Waals surface area (Å²) in [6.45, 7) is 2.11. The summed E-state index contributed by atoms with van der Waals surface area (Å²) >= 11 is 13.1. The van der Waals surface area contributed by atoms with Crippen LogP contribution in [0, 0.1) is 6.92 Å². The molecule has 4 heteroatoms. The number of rotatable bonds is 2. The van der Waals surface area contributed by atoms with E-state index in [-0.39, 0.29) is 4.83 Å². The summed E-state index contributed by atoms with van der Waals surface area (Å²) in [4.78, 5) is 3.28. The Kier molecular flexibility index (Phi) is 4.24. The Morgan fingerprint density at radius 1 is 1.11 bits per heavy atom. The highest BCUT2D eigenvalue weighted by Gasteiger charge is 2.21. The first kappa shape index (κ1) is 14.3. The van der Waals surface area contributed by atoms with E-state index in [1.54, 1.807) is 10.4 Å². The number of alkyl halides is 1. The molecule has 3 rings (SSSR count). The fourth-order valence-electron chi connectivity index (χ4n) is 2.49. The Balaban J connectivity index is 1.99. The molecule has 2 aromatic rings. The number of aryl methyl sites for hydroxylation is 3. The van der Waals surface area contributed by atoms with E-state index in [0.29, 0.717) is 0 Å². The topological polar surface area (TPSA) is 0 Å². The van der Waals surface area contributed by atoms with Crippen molar-refractivity contribution < 1.29 is 0 Å². The molecule has 0 radical (unpaired) electrons. The lowest BCUT2D eigenvalue weighted by Crippen LogP contribution is -1.93. The first-order valence-electron chi connectivity index (χ1n) is 6.27. The highest BCUT2D eigenvalue weighted by atomic mass is 79.9. The van der Waals surface area contributed by atoms with Crippen LogP contribution in [-0.2, 0) is 12.8 Å². The van der Waals surface area contributed by atoms with E-state index in [1.807, 2.05) is 11.3 Å². The Bertz CT molecular complexity index is 609. The van der Waals surface area contributed by atoms with Crippen LogP contribution in [0.15, 0.2) is 27.1 Å². The summed E-state index contributed by atoms with van der Waals surface area (Å²) in [5.74, 6) is 0. The smallest absolute Gasteiger partial charge is 0.0749 e. The number of hydrogen-bond donors (Lipinski definition) is 0. The second kappa shape index (κ2) is 5.63. The van der Waals surface area contributed by atoms with Gasteiger partial charge in [-0.2, -0.15) is 0 Å². The lowest BCUT2D eigenvalue weighted by Gasteiger charge is -2.13. The lowest BCUT2D eigenvalue weighted by molar-refractivity contribution is 0.913. The highest BCUT2D eigenvalue weighted by molar-refractivity contribution is 9.11. The van der Waals surface area contributed by atoms with E-state index in [4.69, 9.17) is 0 Å². The maximum atomic E-state index is 3.86. The molecule has 0 N–H and O–H groups in total. The van der Waals surface area contributed by atoms with Gasteiger partial charge in [-0.3, -0.25) is 0 Å². The van der Waals surface area contributed by atoms with Crippen LogP contribution in [0.3, 0.4) is 0 Å². The van der Waals surface area contributed by atoms with Gasteiger partial charge < -0.3 is 0 Å². The van der Waals surface area contributed by atoms with Crippen LogP contribution in [-0.4, -0.2) is 0 Å². The summed E-state index contributed by atoms with van der Waals surface area (Å²) < 4.78 is 2.34. The van der Waals surface area contributed by atoms with Crippen LogP contribution < -0.4 is 0 Å². The SMILES string of the molecule is Cc1cc(Br)c(C(Br)c2cc3c(s2)CCC3)cc1Br. The van der Waals surface area contributed by atoms with Gasteiger partial charge in [-0.1, -0.05) is 47.8 Å². The highest BCUT2D eigenvalue weighted by Crippen LogP contribution is 2.43. The van der Waals surface area contributed by atoms with Crippen molar-refractivity contribution in [1.82, 2.24) is 0 Å². The third-order valence-corrected chi connectivity index (χ3v) is 7.70. The molecule has 100 valence electrons. The molecule has 1 unspecified atom stereocenters. The maximum Gasteiger partial charge on any atom is 0.0749 e. The van der Waals surface area contributed by atoms with Gasteiger partial charge in [-0.25, -0.2) is 0 Å². The number of thiophene rings is 1. The monoisotopic (exact) mass is 462 g/mol. The second-order valence-electron chi connectivity index (χ2n) is 4.94. The molecule has 0 fully saturated rings. The summed E-state index contributed by atoms with van der Waals surface area (Å²) in [6, 6.07) is 6.77. The normalized spacial score (nSPS) is 15.6. The van der Waals surface area contributed by atoms with Crippen LogP contribution in [0.1, 0.15) is 37.7 Å². The third-order valence-electron chi connectivity index (χ3n) is 3.57. The van der Waals surface area contributed by atoms with Crippen LogP contribution in [0.4, 0.5) is 0 Å². The van der Waals surface area contributed by atoms with Gasteiger partial charge in [-0.05, 0) is 61.1 Å². The van der Waals surface area contributed by atoms with Crippen molar-refractivity contribution in [1.29, 1.82) is 0 Å². The molecule has 0 saturated carbocycles. The molecule has 0 aliphatic heterocycles. The molecule has 0 bridgehead atoms. The maximum absolute atomic E-state index is 3.86. The molecule has 0 amide bonds. The van der Waals surface area contributed by atoms with E-state index in [2.05, 4.69) is 72.9 Å². The number of benzene rings is 1. The zero-order valence-corrected chi connectivity index (χ0v) is 16.0. The molecule has 1 aromatic carbocycles. The van der Waals surface area contributed by atoms with Crippen LogP contribution in [0.2, 0.25) is 0 Å². The van der Waals surface area contributed by atoms with Crippen molar-refractivity contribution in [3.63, 3.8) is 0 Å². The van der Waals surface area contributed by atoms with Crippen LogP contribution in [0.5, 0.6) is 0 Å². The van der Waals surface area contributed by atoms with Gasteiger partial charge in [0, 0.05) is 18.7 Å². The van der Waals surface area contributed by atoms with Gasteiger partial charge in [0.15, 0.2) is 0 Å². The molecular weight excluding hydrogens is 452 g/mol. The molecule has 0 saturated heterocycles. The van der Waals surface area contributed by atoms with Gasteiger partial charge in [0.05, 0.1) is 4.83 Å². The third kappa shape index (κ3) is 2.74. The Morgan fingerprint density at radius 2 is 1.89 bits per heavy atom. The quantitative estimate of drug-likeness (QED) is 0.442. The minimum Gasteiger partial charge on any atom is -0.144 e. The van der Waals surface area contributed by atoms with Crippen molar-refractivity contribution in [2.75, 3.05) is 0 Å². The van der Waals surface area contributed by atoms with Crippen molar-refractivity contribution in [3.05, 3.63) is 53.6 Å². The number of fused-ring (bicyclic) bond motifs is 1. The average Bonchev–Trinajstić information content (AvgIpc) is 2.93. The molecule has 1 atom stereocenters. The predicted octanol–water partition coefficient (Wildman–Crippen LogP) is 6.55. The van der Waals surface area contributed by atoms with Crippen LogP contribution in [0.25, 0.3) is 0 Å². The van der Waals surface area contributed by atoms with E-state index < -0.39 is 0 Å². The molecule has 1 aliphatic rings. The molecular formula is C15H13Br3S. The zero-order valence-electron chi connectivity index (χ0n) is 10.5. The van der Waals surface area contributed by atoms with E-state index in [9.17, 15) is 0 Å². The van der Waals surface area contributed by atoms with Crippen LogP contribution >= 0.6 is 59.1 Å². The van der Waals surface area contributed by atoms with E-state index in [1.165, 1.54) is 44.2 Å². The zero-order chi connectivity index (χ0) is 13.6. The largest absolute Gasteiger partial charge is 0.144 e. The van der Waals surface area contributed by atoms with Gasteiger partial charge in [-0.15, -0.1) is 11.3 Å². The fourth-order valence-corrected chi connectivity index (χ4v) is 5.89. The minimum absolute atomic E-state index is 0.273.